The van der Waals surface area contributed by atoms with Crippen LogP contribution in [0, 0.1) is 6.92 Å². The van der Waals surface area contributed by atoms with E-state index in [1.54, 1.807) is 0 Å². The Morgan fingerprint density at radius 3 is 2.65 bits per heavy atom. The minimum absolute atomic E-state index is 0.143. The van der Waals surface area contributed by atoms with E-state index in [4.69, 9.17) is 0 Å². The number of aryl methyl sites for hydroxylation is 3. The summed E-state index contributed by atoms with van der Waals surface area (Å²) in [5.74, 6) is -0.0345. The van der Waals surface area contributed by atoms with Crippen LogP contribution in [0.15, 0.2) is 30.3 Å². The van der Waals surface area contributed by atoms with Gasteiger partial charge in [-0.2, -0.15) is 0 Å². The van der Waals surface area contributed by atoms with Gasteiger partial charge in [-0.1, -0.05) is 24.3 Å². The van der Waals surface area contributed by atoms with Gasteiger partial charge < -0.3 is 10.3 Å². The number of carbonyl (C=O) groups is 2. The van der Waals surface area contributed by atoms with Gasteiger partial charge in [0.2, 0.25) is 0 Å². The number of fused-ring (bicyclic) bond motifs is 1. The number of hydrogen-bond acceptors (Lipinski definition) is 2. The van der Waals surface area contributed by atoms with Crippen LogP contribution in [-0.2, 0) is 19.3 Å². The first kappa shape index (κ1) is 15.4. The summed E-state index contributed by atoms with van der Waals surface area (Å²) < 4.78 is 0. The van der Waals surface area contributed by atoms with Gasteiger partial charge in [0.25, 0.3) is 5.91 Å². The first-order chi connectivity index (χ1) is 12.6. The molecule has 26 heavy (non-hydrogen) atoms. The summed E-state index contributed by atoms with van der Waals surface area (Å²) in [6.07, 6.45) is 4.38. The lowest BCUT2D eigenvalue weighted by Crippen LogP contribution is -2.14. The number of amides is 1. The quantitative estimate of drug-likeness (QED) is 0.726. The second kappa shape index (κ2) is 5.56. The lowest BCUT2D eigenvalue weighted by Gasteiger charge is -2.10. The zero-order valence-corrected chi connectivity index (χ0v) is 14.7. The van der Waals surface area contributed by atoms with Crippen molar-refractivity contribution in [2.75, 3.05) is 5.32 Å². The lowest BCUT2D eigenvalue weighted by atomic mass is 9.94. The van der Waals surface area contributed by atoms with Crippen molar-refractivity contribution in [3.63, 3.8) is 0 Å². The number of anilines is 1. The van der Waals surface area contributed by atoms with Crippen LogP contribution < -0.4 is 5.32 Å². The Bertz CT molecular complexity index is 1080. The zero-order valence-electron chi connectivity index (χ0n) is 14.7. The van der Waals surface area contributed by atoms with Crippen molar-refractivity contribution in [1.29, 1.82) is 0 Å². The van der Waals surface area contributed by atoms with E-state index in [0.717, 1.165) is 53.6 Å². The van der Waals surface area contributed by atoms with Crippen LogP contribution >= 0.6 is 0 Å². The van der Waals surface area contributed by atoms with Crippen molar-refractivity contribution < 1.29 is 9.59 Å². The third-order valence-electron chi connectivity index (χ3n) is 5.79. The minimum Gasteiger partial charge on any atom is -0.354 e. The van der Waals surface area contributed by atoms with E-state index >= 15 is 0 Å². The molecular formula is C22H20N2O2. The molecule has 4 nitrogen and oxygen atoms in total. The van der Waals surface area contributed by atoms with E-state index in [0.29, 0.717) is 12.1 Å². The Hall–Kier alpha value is -2.88. The van der Waals surface area contributed by atoms with Crippen LogP contribution in [-0.4, -0.2) is 16.7 Å². The summed E-state index contributed by atoms with van der Waals surface area (Å²) >= 11 is 0. The Kier molecular flexibility index (Phi) is 3.29. The van der Waals surface area contributed by atoms with Gasteiger partial charge in [-0.05, 0) is 60.7 Å². The molecule has 2 aromatic carbocycles. The number of benzene rings is 2. The maximum atomic E-state index is 12.9. The molecule has 0 saturated carbocycles. The molecule has 130 valence electrons. The largest absolute Gasteiger partial charge is 0.354 e. The van der Waals surface area contributed by atoms with Gasteiger partial charge in [-0.25, -0.2) is 0 Å². The summed E-state index contributed by atoms with van der Waals surface area (Å²) in [6.45, 7) is 1.86. The molecule has 0 atom stereocenters. The first-order valence-corrected chi connectivity index (χ1v) is 9.23. The number of H-pyrrole nitrogens is 1. The van der Waals surface area contributed by atoms with Crippen molar-refractivity contribution in [3.8, 4) is 0 Å². The Balaban J connectivity index is 1.55. The molecule has 2 aliphatic rings. The number of hydrogen-bond donors (Lipinski definition) is 2. The topological polar surface area (TPSA) is 62.0 Å². The van der Waals surface area contributed by atoms with Gasteiger partial charge >= 0.3 is 0 Å². The number of aromatic nitrogens is 1. The monoisotopic (exact) mass is 344 g/mol. The first-order valence-electron chi connectivity index (χ1n) is 9.23. The third kappa shape index (κ3) is 2.15. The lowest BCUT2D eigenvalue weighted by molar-refractivity contribution is 0.0971. The van der Waals surface area contributed by atoms with Crippen LogP contribution in [0.25, 0.3) is 10.8 Å². The number of aromatic amines is 1. The molecule has 0 spiro atoms. The molecule has 0 fully saturated rings. The molecule has 4 heteroatoms. The van der Waals surface area contributed by atoms with E-state index in [1.807, 2.05) is 13.0 Å². The van der Waals surface area contributed by atoms with E-state index in [-0.39, 0.29) is 11.7 Å². The predicted octanol–water partition coefficient (Wildman–Crippen LogP) is 4.35. The second-order valence-corrected chi connectivity index (χ2v) is 7.32. The molecule has 0 saturated heterocycles. The number of carbonyl (C=O) groups excluding carboxylic acids is 2. The molecular weight excluding hydrogens is 324 g/mol. The molecule has 3 aromatic rings. The van der Waals surface area contributed by atoms with Crippen molar-refractivity contribution in [2.24, 2.45) is 0 Å². The van der Waals surface area contributed by atoms with Gasteiger partial charge in [0.1, 0.15) is 5.69 Å². The highest BCUT2D eigenvalue weighted by molar-refractivity contribution is 6.12. The van der Waals surface area contributed by atoms with Crippen LogP contribution in [0.5, 0.6) is 0 Å². The van der Waals surface area contributed by atoms with E-state index < -0.39 is 0 Å². The smallest absolute Gasteiger partial charge is 0.272 e. The summed E-state index contributed by atoms with van der Waals surface area (Å²) in [4.78, 5) is 28.3. The van der Waals surface area contributed by atoms with Crippen molar-refractivity contribution in [2.45, 2.75) is 39.0 Å². The van der Waals surface area contributed by atoms with Crippen LogP contribution in [0.1, 0.15) is 56.1 Å². The van der Waals surface area contributed by atoms with E-state index in [2.05, 4.69) is 34.6 Å². The summed E-state index contributed by atoms with van der Waals surface area (Å²) in [7, 11) is 0. The average molecular weight is 344 g/mol. The normalized spacial score (nSPS) is 15.3. The van der Waals surface area contributed by atoms with Crippen LogP contribution in [0.2, 0.25) is 0 Å². The zero-order chi connectivity index (χ0) is 17.8. The summed E-state index contributed by atoms with van der Waals surface area (Å²) in [6, 6.07) is 10.4. The Labute approximate surface area is 151 Å². The molecule has 5 rings (SSSR count). The molecule has 1 aromatic heterocycles. The maximum Gasteiger partial charge on any atom is 0.272 e. The number of nitrogens with one attached hydrogen (secondary N) is 2. The molecule has 1 amide bonds. The summed E-state index contributed by atoms with van der Waals surface area (Å²) in [5, 5.41) is 5.44. The highest BCUT2D eigenvalue weighted by Gasteiger charge is 2.26. The third-order valence-corrected chi connectivity index (χ3v) is 5.79. The Morgan fingerprint density at radius 2 is 1.85 bits per heavy atom. The minimum atomic E-state index is -0.177. The van der Waals surface area contributed by atoms with Crippen molar-refractivity contribution in [1.82, 2.24) is 4.98 Å². The molecule has 2 N–H and O–H groups in total. The maximum absolute atomic E-state index is 12.9. The van der Waals surface area contributed by atoms with Gasteiger partial charge in [-0.15, -0.1) is 0 Å². The van der Waals surface area contributed by atoms with E-state index in [1.165, 1.54) is 16.5 Å². The molecule has 0 bridgehead atoms. The van der Waals surface area contributed by atoms with Crippen molar-refractivity contribution in [3.05, 3.63) is 64.0 Å². The van der Waals surface area contributed by atoms with Crippen molar-refractivity contribution >= 4 is 28.2 Å². The van der Waals surface area contributed by atoms with E-state index in [9.17, 15) is 9.59 Å². The SMILES string of the molecule is Cc1c(C(=O)Nc2ccc3c4c(cccc24)CC3)[nH]c2c1C(=O)CCC2. The fraction of sp³-hybridized carbons (Fsp3) is 0.273. The van der Waals surface area contributed by atoms with Gasteiger partial charge in [0, 0.05) is 28.8 Å². The van der Waals surface area contributed by atoms with Crippen LogP contribution in [0.4, 0.5) is 5.69 Å². The second-order valence-electron chi connectivity index (χ2n) is 7.32. The van der Waals surface area contributed by atoms with Gasteiger partial charge in [0.15, 0.2) is 5.78 Å². The molecule has 2 aliphatic carbocycles. The Morgan fingerprint density at radius 1 is 1.04 bits per heavy atom. The molecule has 0 radical (unpaired) electrons. The fourth-order valence-corrected chi connectivity index (χ4v) is 4.54. The predicted molar refractivity (Wildman–Crippen MR) is 102 cm³/mol. The number of Topliss-reactive ketones (excluding diaryl/α,β-unsaturated/α-hetero) is 1. The fourth-order valence-electron chi connectivity index (χ4n) is 4.54. The average Bonchev–Trinajstić information content (AvgIpc) is 3.21. The number of ketones is 1. The molecule has 0 aliphatic heterocycles. The molecule has 1 heterocycles. The molecule has 0 unspecified atom stereocenters. The standard InChI is InChI=1S/C22H20N2O2/c1-12-19-17(6-3-7-18(19)25)23-21(12)22(26)24-16-11-10-14-9-8-13-4-2-5-15(16)20(13)14/h2,4-5,10-11,23H,3,6-9H2,1H3,(H,24,26). The van der Waals surface area contributed by atoms with Crippen LogP contribution in [0.3, 0.4) is 0 Å². The highest BCUT2D eigenvalue weighted by Crippen LogP contribution is 2.35. The number of rotatable bonds is 2. The van der Waals surface area contributed by atoms with Gasteiger partial charge in [0.05, 0.1) is 0 Å². The van der Waals surface area contributed by atoms with Gasteiger partial charge in [-0.3, -0.25) is 9.59 Å². The highest BCUT2D eigenvalue weighted by atomic mass is 16.2. The summed E-state index contributed by atoms with van der Waals surface area (Å²) in [5.41, 5.74) is 6.44.